The third-order valence-corrected chi connectivity index (χ3v) is 6.93. The van der Waals surface area contributed by atoms with E-state index in [4.69, 9.17) is 14.2 Å². The minimum Gasteiger partial charge on any atom is -0.378 e. The van der Waals surface area contributed by atoms with Crippen LogP contribution in [0.2, 0.25) is 0 Å². The predicted molar refractivity (Wildman–Crippen MR) is 172 cm³/mol. The number of hydrogen-bond acceptors (Lipinski definition) is 3. The quantitative estimate of drug-likeness (QED) is 0.256. The maximum atomic E-state index is 12.6. The van der Waals surface area contributed by atoms with Gasteiger partial charge in [0.15, 0.2) is 6.29 Å². The molecule has 2 fully saturated rings. The van der Waals surface area contributed by atoms with E-state index in [1.165, 1.54) is 49.1 Å². The van der Waals surface area contributed by atoms with E-state index in [-0.39, 0.29) is 17.7 Å². The minimum atomic E-state index is -0.475. The van der Waals surface area contributed by atoms with Crippen LogP contribution >= 0.6 is 0 Å². The first kappa shape index (κ1) is 38.4. The van der Waals surface area contributed by atoms with Crippen molar-refractivity contribution in [2.75, 3.05) is 19.8 Å². The van der Waals surface area contributed by atoms with Crippen LogP contribution in [0.15, 0.2) is 54.6 Å². The second-order valence-corrected chi connectivity index (χ2v) is 11.9. The molecule has 0 aliphatic carbocycles. The highest BCUT2D eigenvalue weighted by atomic mass is 19.1. The van der Waals surface area contributed by atoms with Crippen LogP contribution in [0.25, 0.3) is 0 Å². The van der Waals surface area contributed by atoms with Crippen molar-refractivity contribution in [2.24, 2.45) is 11.8 Å². The first-order chi connectivity index (χ1) is 20.2. The van der Waals surface area contributed by atoms with Gasteiger partial charge >= 0.3 is 0 Å². The average molecular weight is 603 g/mol. The molecule has 0 saturated carbocycles. The zero-order valence-corrected chi connectivity index (χ0v) is 27.9. The Morgan fingerprint density at radius 2 is 0.953 bits per heavy atom. The lowest BCUT2D eigenvalue weighted by Crippen LogP contribution is -2.27. The van der Waals surface area contributed by atoms with Crippen LogP contribution in [0.1, 0.15) is 73.9 Å². The molecule has 2 atom stereocenters. The number of rotatable bonds is 0. The van der Waals surface area contributed by atoms with Crippen LogP contribution in [0.5, 0.6) is 0 Å². The highest BCUT2D eigenvalue weighted by molar-refractivity contribution is 5.24. The standard InChI is InChI=1S/C8H8F2.C8H9F.C8H10.C7H14O.C6H12O2/c1-5-3-7(9)6(2)8(10)4-5;1-6-3-4-7(2)8(9)5-6;1-7-3-5-8(2)6-4-7;1-6-3-4-7(2)8-5-6;1-5-3-7-6(2)8-4-5/h3-4H,1-2H3;3-5H,1-2H3;3-6H,1-2H3;6-7H,3-5H2,1-2H3;5-6H,3-4H2,1-2H3. The van der Waals surface area contributed by atoms with Crippen molar-refractivity contribution in [3.63, 3.8) is 0 Å². The Morgan fingerprint density at radius 1 is 0.512 bits per heavy atom. The first-order valence-corrected chi connectivity index (χ1v) is 15.2. The Morgan fingerprint density at radius 3 is 1.33 bits per heavy atom. The van der Waals surface area contributed by atoms with E-state index in [2.05, 4.69) is 58.9 Å². The zero-order chi connectivity index (χ0) is 32.5. The van der Waals surface area contributed by atoms with E-state index in [1.807, 2.05) is 19.9 Å². The Kier molecular flexibility index (Phi) is 18.1. The average Bonchev–Trinajstić information content (AvgIpc) is 2.96. The van der Waals surface area contributed by atoms with Gasteiger partial charge in [-0.2, -0.15) is 0 Å². The van der Waals surface area contributed by atoms with Gasteiger partial charge in [-0.3, -0.25) is 0 Å². The molecular weight excluding hydrogens is 549 g/mol. The zero-order valence-electron chi connectivity index (χ0n) is 27.9. The number of aryl methyl sites for hydroxylation is 5. The summed E-state index contributed by atoms with van der Waals surface area (Å²) < 4.78 is 53.5. The van der Waals surface area contributed by atoms with Gasteiger partial charge in [0.05, 0.1) is 19.3 Å². The molecule has 2 aliphatic heterocycles. The number of benzene rings is 3. The number of ether oxygens (including phenoxy) is 3. The van der Waals surface area contributed by atoms with Gasteiger partial charge in [-0.15, -0.1) is 0 Å². The Bertz CT molecular complexity index is 1100. The Balaban J connectivity index is 0.000000269. The SMILES string of the molecule is CC1CCC(C)OC1.CC1COC(C)OC1.Cc1cc(F)c(C)c(F)c1.Cc1ccc(C)c(F)c1.Cc1ccc(C)cc1. The third-order valence-electron chi connectivity index (χ3n) is 6.93. The first-order valence-electron chi connectivity index (χ1n) is 15.2. The molecule has 0 radical (unpaired) electrons. The maximum Gasteiger partial charge on any atom is 0.154 e. The van der Waals surface area contributed by atoms with Gasteiger partial charge in [0, 0.05) is 18.1 Å². The van der Waals surface area contributed by atoms with Crippen molar-refractivity contribution in [3.05, 3.63) is 105 Å². The lowest BCUT2D eigenvalue weighted by atomic mass is 10.0. The summed E-state index contributed by atoms with van der Waals surface area (Å²) in [6.45, 7) is 22.0. The predicted octanol–water partition coefficient (Wildman–Crippen LogP) is 10.2. The molecule has 2 aliphatic rings. The molecule has 6 heteroatoms. The van der Waals surface area contributed by atoms with Gasteiger partial charge in [0.2, 0.25) is 0 Å². The summed E-state index contributed by atoms with van der Waals surface area (Å²) in [5, 5.41) is 0. The van der Waals surface area contributed by atoms with Crippen molar-refractivity contribution >= 4 is 0 Å². The fourth-order valence-electron chi connectivity index (χ4n) is 3.82. The van der Waals surface area contributed by atoms with Gasteiger partial charge < -0.3 is 14.2 Å². The molecule has 3 aromatic rings. The van der Waals surface area contributed by atoms with Crippen LogP contribution in [-0.2, 0) is 14.2 Å². The Hall–Kier alpha value is -2.67. The van der Waals surface area contributed by atoms with Crippen LogP contribution in [0.4, 0.5) is 13.2 Å². The van der Waals surface area contributed by atoms with Crippen LogP contribution in [0.3, 0.4) is 0 Å². The summed E-state index contributed by atoms with van der Waals surface area (Å²) in [4.78, 5) is 0. The van der Waals surface area contributed by atoms with E-state index in [0.717, 1.165) is 31.3 Å². The summed E-state index contributed by atoms with van der Waals surface area (Å²) in [7, 11) is 0. The van der Waals surface area contributed by atoms with Crippen LogP contribution in [-0.4, -0.2) is 32.2 Å². The normalized spacial score (nSPS) is 20.9. The molecular formula is C37H53F3O3. The molecule has 5 rings (SSSR count). The van der Waals surface area contributed by atoms with Crippen molar-refractivity contribution in [2.45, 2.75) is 94.5 Å². The van der Waals surface area contributed by atoms with E-state index in [0.29, 0.717) is 23.1 Å². The molecule has 2 unspecified atom stereocenters. The van der Waals surface area contributed by atoms with Gasteiger partial charge in [0.1, 0.15) is 17.5 Å². The van der Waals surface area contributed by atoms with E-state index < -0.39 is 11.6 Å². The maximum absolute atomic E-state index is 12.6. The van der Waals surface area contributed by atoms with Crippen molar-refractivity contribution in [3.8, 4) is 0 Å². The molecule has 3 aromatic carbocycles. The third kappa shape index (κ3) is 17.3. The molecule has 2 saturated heterocycles. The number of halogens is 3. The lowest BCUT2D eigenvalue weighted by molar-refractivity contribution is -0.187. The summed E-state index contributed by atoms with van der Waals surface area (Å²) in [6, 6.07) is 16.3. The largest absolute Gasteiger partial charge is 0.378 e. The van der Waals surface area contributed by atoms with E-state index >= 15 is 0 Å². The van der Waals surface area contributed by atoms with Crippen molar-refractivity contribution in [1.82, 2.24) is 0 Å². The molecule has 2 heterocycles. The van der Waals surface area contributed by atoms with Crippen LogP contribution < -0.4 is 0 Å². The molecule has 0 spiro atoms. The van der Waals surface area contributed by atoms with Gasteiger partial charge in [0.25, 0.3) is 0 Å². The van der Waals surface area contributed by atoms with Gasteiger partial charge in [-0.05, 0) is 109 Å². The van der Waals surface area contributed by atoms with E-state index in [1.54, 1.807) is 19.9 Å². The fraction of sp³-hybridized carbons (Fsp3) is 0.514. The summed E-state index contributed by atoms with van der Waals surface area (Å²) >= 11 is 0. The van der Waals surface area contributed by atoms with Crippen molar-refractivity contribution in [1.29, 1.82) is 0 Å². The molecule has 0 bridgehead atoms. The highest BCUT2D eigenvalue weighted by Gasteiger charge is 2.14. The summed E-state index contributed by atoms with van der Waals surface area (Å²) in [6.07, 6.45) is 3.14. The van der Waals surface area contributed by atoms with Gasteiger partial charge in [-0.25, -0.2) is 13.2 Å². The molecule has 240 valence electrons. The lowest BCUT2D eigenvalue weighted by Gasteiger charge is -2.24. The Labute approximate surface area is 258 Å². The second kappa shape index (κ2) is 20.3. The molecule has 0 N–H and O–H groups in total. The summed E-state index contributed by atoms with van der Waals surface area (Å²) in [5.41, 5.74) is 5.04. The van der Waals surface area contributed by atoms with Crippen LogP contribution in [0, 0.1) is 70.8 Å². The highest BCUT2D eigenvalue weighted by Crippen LogP contribution is 2.17. The second-order valence-electron chi connectivity index (χ2n) is 11.9. The minimum absolute atomic E-state index is 0.0196. The fourth-order valence-corrected chi connectivity index (χ4v) is 3.82. The molecule has 3 nitrogen and oxygen atoms in total. The topological polar surface area (TPSA) is 27.7 Å². The smallest absolute Gasteiger partial charge is 0.154 e. The van der Waals surface area contributed by atoms with Gasteiger partial charge in [-0.1, -0.05) is 61.4 Å². The monoisotopic (exact) mass is 602 g/mol. The summed E-state index contributed by atoms with van der Waals surface area (Å²) in [5.74, 6) is 0.308. The van der Waals surface area contributed by atoms with Crippen molar-refractivity contribution < 1.29 is 27.4 Å². The molecule has 0 aromatic heterocycles. The van der Waals surface area contributed by atoms with E-state index in [9.17, 15) is 13.2 Å². The molecule has 43 heavy (non-hydrogen) atoms. The molecule has 0 amide bonds. The number of hydrogen-bond donors (Lipinski definition) is 0.